The summed E-state index contributed by atoms with van der Waals surface area (Å²) >= 11 is 0. The molecule has 72 valence electrons. The Balaban J connectivity index is 2.70. The SMILES string of the molecule is CCc1cccc2nc(C(C)=O)oc12. The van der Waals surface area contributed by atoms with Crippen LogP contribution in [0.5, 0.6) is 0 Å². The van der Waals surface area contributed by atoms with Crippen LogP contribution in [0, 0.1) is 0 Å². The minimum absolute atomic E-state index is 0.136. The summed E-state index contributed by atoms with van der Waals surface area (Å²) in [6, 6.07) is 5.76. The minimum Gasteiger partial charge on any atom is -0.433 e. The van der Waals surface area contributed by atoms with Crippen LogP contribution >= 0.6 is 0 Å². The van der Waals surface area contributed by atoms with E-state index in [0.717, 1.165) is 23.1 Å². The van der Waals surface area contributed by atoms with Crippen molar-refractivity contribution in [3.8, 4) is 0 Å². The largest absolute Gasteiger partial charge is 0.433 e. The van der Waals surface area contributed by atoms with Crippen molar-refractivity contribution in [2.75, 3.05) is 0 Å². The molecule has 2 rings (SSSR count). The lowest BCUT2D eigenvalue weighted by atomic mass is 10.1. The Labute approximate surface area is 81.7 Å². The number of Topliss-reactive ketones (excluding diaryl/α,β-unsaturated/α-hetero) is 1. The first-order valence-corrected chi connectivity index (χ1v) is 4.61. The zero-order valence-corrected chi connectivity index (χ0v) is 8.20. The van der Waals surface area contributed by atoms with Crippen LogP contribution in [0.1, 0.15) is 30.1 Å². The zero-order valence-electron chi connectivity index (χ0n) is 8.20. The first-order valence-electron chi connectivity index (χ1n) is 4.61. The second kappa shape index (κ2) is 3.25. The summed E-state index contributed by atoms with van der Waals surface area (Å²) in [6.07, 6.45) is 0.879. The number of benzene rings is 1. The summed E-state index contributed by atoms with van der Waals surface area (Å²) < 4.78 is 5.39. The molecule has 0 aliphatic rings. The summed E-state index contributed by atoms with van der Waals surface area (Å²) in [4.78, 5) is 15.2. The monoisotopic (exact) mass is 189 g/mol. The quantitative estimate of drug-likeness (QED) is 0.682. The summed E-state index contributed by atoms with van der Waals surface area (Å²) in [6.45, 7) is 3.50. The van der Waals surface area contributed by atoms with Crippen LogP contribution in [0.25, 0.3) is 11.1 Å². The third-order valence-electron chi connectivity index (χ3n) is 2.18. The third kappa shape index (κ3) is 1.31. The van der Waals surface area contributed by atoms with Crippen molar-refractivity contribution in [1.82, 2.24) is 4.98 Å². The van der Waals surface area contributed by atoms with Crippen molar-refractivity contribution in [2.45, 2.75) is 20.3 Å². The van der Waals surface area contributed by atoms with Gasteiger partial charge >= 0.3 is 0 Å². The normalized spacial score (nSPS) is 10.7. The van der Waals surface area contributed by atoms with Crippen LogP contribution in [0.4, 0.5) is 0 Å². The fourth-order valence-electron chi connectivity index (χ4n) is 1.44. The molecule has 0 amide bonds. The molecule has 3 heteroatoms. The topological polar surface area (TPSA) is 43.1 Å². The van der Waals surface area contributed by atoms with Crippen LogP contribution in [0.15, 0.2) is 22.6 Å². The highest BCUT2D eigenvalue weighted by Crippen LogP contribution is 2.20. The Morgan fingerprint density at radius 1 is 1.50 bits per heavy atom. The van der Waals surface area contributed by atoms with Crippen molar-refractivity contribution >= 4 is 16.9 Å². The highest BCUT2D eigenvalue weighted by molar-refractivity contribution is 5.92. The molecule has 1 heterocycles. The Morgan fingerprint density at radius 3 is 2.93 bits per heavy atom. The lowest BCUT2D eigenvalue weighted by Gasteiger charge is -1.94. The molecule has 0 unspecified atom stereocenters. The molecule has 1 aromatic carbocycles. The van der Waals surface area contributed by atoms with E-state index in [-0.39, 0.29) is 11.7 Å². The van der Waals surface area contributed by atoms with Crippen LogP contribution in [-0.2, 0) is 6.42 Å². The number of carbonyl (C=O) groups is 1. The molecule has 0 N–H and O–H groups in total. The van der Waals surface area contributed by atoms with Crippen LogP contribution < -0.4 is 0 Å². The molecule has 3 nitrogen and oxygen atoms in total. The molecule has 0 spiro atoms. The zero-order chi connectivity index (χ0) is 10.1. The number of ketones is 1. The molecule has 14 heavy (non-hydrogen) atoms. The van der Waals surface area contributed by atoms with Gasteiger partial charge in [-0.3, -0.25) is 4.79 Å². The van der Waals surface area contributed by atoms with Gasteiger partial charge in [-0.2, -0.15) is 0 Å². The van der Waals surface area contributed by atoms with E-state index in [9.17, 15) is 4.79 Å². The predicted molar refractivity (Wildman–Crippen MR) is 53.4 cm³/mol. The molecule has 2 aromatic rings. The molecule has 0 radical (unpaired) electrons. The second-order valence-electron chi connectivity index (χ2n) is 3.19. The lowest BCUT2D eigenvalue weighted by molar-refractivity contribution is 0.0983. The summed E-state index contributed by atoms with van der Waals surface area (Å²) in [5.41, 5.74) is 2.58. The molecule has 0 saturated heterocycles. The summed E-state index contributed by atoms with van der Waals surface area (Å²) in [5, 5.41) is 0. The highest BCUT2D eigenvalue weighted by Gasteiger charge is 2.11. The van der Waals surface area contributed by atoms with Gasteiger partial charge in [0.15, 0.2) is 5.58 Å². The van der Waals surface area contributed by atoms with Gasteiger partial charge in [-0.25, -0.2) is 4.98 Å². The summed E-state index contributed by atoms with van der Waals surface area (Å²) in [7, 11) is 0. The van der Waals surface area contributed by atoms with Gasteiger partial charge in [0.1, 0.15) is 5.52 Å². The number of oxazole rings is 1. The first-order chi connectivity index (χ1) is 6.72. The Bertz CT molecular complexity index is 485. The maximum absolute atomic E-state index is 11.1. The van der Waals surface area contributed by atoms with Gasteiger partial charge in [0.2, 0.25) is 5.78 Å². The Morgan fingerprint density at radius 2 is 2.29 bits per heavy atom. The van der Waals surface area contributed by atoms with Gasteiger partial charge in [0.05, 0.1) is 0 Å². The van der Waals surface area contributed by atoms with Crippen LogP contribution in [-0.4, -0.2) is 10.8 Å². The van der Waals surface area contributed by atoms with Gasteiger partial charge in [0.25, 0.3) is 5.89 Å². The Kier molecular flexibility index (Phi) is 2.08. The fourth-order valence-corrected chi connectivity index (χ4v) is 1.44. The Hall–Kier alpha value is -1.64. The number of aromatic nitrogens is 1. The van der Waals surface area contributed by atoms with Crippen LogP contribution in [0.2, 0.25) is 0 Å². The highest BCUT2D eigenvalue weighted by atomic mass is 16.4. The fraction of sp³-hybridized carbons (Fsp3) is 0.273. The second-order valence-corrected chi connectivity index (χ2v) is 3.19. The summed E-state index contributed by atoms with van der Waals surface area (Å²) in [5.74, 6) is 0.0594. The number of nitrogens with zero attached hydrogens (tertiary/aromatic N) is 1. The standard InChI is InChI=1S/C11H11NO2/c1-3-8-5-4-6-9-10(8)14-11(12-9)7(2)13/h4-6H,3H2,1-2H3. The molecule has 0 fully saturated rings. The predicted octanol–water partition coefficient (Wildman–Crippen LogP) is 2.59. The number of aryl methyl sites for hydroxylation is 1. The first kappa shape index (κ1) is 8.94. The van der Waals surface area contributed by atoms with E-state index in [1.165, 1.54) is 6.92 Å². The van der Waals surface area contributed by atoms with E-state index in [2.05, 4.69) is 4.98 Å². The smallest absolute Gasteiger partial charge is 0.263 e. The third-order valence-corrected chi connectivity index (χ3v) is 2.18. The lowest BCUT2D eigenvalue weighted by Crippen LogP contribution is -1.89. The van der Waals surface area contributed by atoms with E-state index in [1.54, 1.807) is 0 Å². The van der Waals surface area contributed by atoms with E-state index in [1.807, 2.05) is 25.1 Å². The van der Waals surface area contributed by atoms with Gasteiger partial charge < -0.3 is 4.42 Å². The van der Waals surface area contributed by atoms with Crippen molar-refractivity contribution in [3.05, 3.63) is 29.7 Å². The number of para-hydroxylation sites is 1. The minimum atomic E-state index is -0.136. The van der Waals surface area contributed by atoms with Gasteiger partial charge in [-0.15, -0.1) is 0 Å². The maximum Gasteiger partial charge on any atom is 0.263 e. The maximum atomic E-state index is 11.1. The van der Waals surface area contributed by atoms with Crippen molar-refractivity contribution < 1.29 is 9.21 Å². The van der Waals surface area contributed by atoms with Crippen molar-refractivity contribution in [1.29, 1.82) is 0 Å². The van der Waals surface area contributed by atoms with Gasteiger partial charge in [-0.1, -0.05) is 19.1 Å². The molecule has 0 saturated carbocycles. The number of hydrogen-bond donors (Lipinski definition) is 0. The average molecular weight is 189 g/mol. The number of fused-ring (bicyclic) bond motifs is 1. The van der Waals surface area contributed by atoms with E-state index < -0.39 is 0 Å². The van der Waals surface area contributed by atoms with Crippen molar-refractivity contribution in [2.24, 2.45) is 0 Å². The van der Waals surface area contributed by atoms with Gasteiger partial charge in [-0.05, 0) is 18.1 Å². The number of hydrogen-bond acceptors (Lipinski definition) is 3. The molecular formula is C11H11NO2. The molecular weight excluding hydrogens is 178 g/mol. The molecule has 0 bridgehead atoms. The number of carbonyl (C=O) groups excluding carboxylic acids is 1. The number of rotatable bonds is 2. The molecule has 0 atom stereocenters. The van der Waals surface area contributed by atoms with E-state index in [0.29, 0.717) is 0 Å². The molecule has 0 aliphatic carbocycles. The van der Waals surface area contributed by atoms with Crippen LogP contribution in [0.3, 0.4) is 0 Å². The van der Waals surface area contributed by atoms with Gasteiger partial charge in [0, 0.05) is 6.92 Å². The van der Waals surface area contributed by atoms with E-state index in [4.69, 9.17) is 4.42 Å². The van der Waals surface area contributed by atoms with Crippen molar-refractivity contribution in [3.63, 3.8) is 0 Å². The average Bonchev–Trinajstić information content (AvgIpc) is 2.60. The van der Waals surface area contributed by atoms with E-state index >= 15 is 0 Å². The molecule has 0 aliphatic heterocycles. The molecule has 1 aromatic heterocycles.